The summed E-state index contributed by atoms with van der Waals surface area (Å²) >= 11 is 1.53. The Bertz CT molecular complexity index is 865. The van der Waals surface area contributed by atoms with Gasteiger partial charge >= 0.3 is 0 Å². The predicted molar refractivity (Wildman–Crippen MR) is 96.7 cm³/mol. The summed E-state index contributed by atoms with van der Waals surface area (Å²) in [7, 11) is 1.67. The number of benzene rings is 1. The normalized spacial score (nSPS) is 16.0. The molecule has 0 amide bonds. The second-order valence-corrected chi connectivity index (χ2v) is 6.73. The van der Waals surface area contributed by atoms with Crippen molar-refractivity contribution in [1.82, 2.24) is 24.7 Å². The molecule has 0 unspecified atom stereocenters. The van der Waals surface area contributed by atoms with Crippen LogP contribution in [0.3, 0.4) is 0 Å². The first-order chi connectivity index (χ1) is 12.3. The molecule has 0 aliphatic carbocycles. The first-order valence-electron chi connectivity index (χ1n) is 8.15. The zero-order valence-electron chi connectivity index (χ0n) is 14.0. The maximum atomic E-state index is 5.38. The third kappa shape index (κ3) is 3.71. The molecule has 0 atom stereocenters. The van der Waals surface area contributed by atoms with Gasteiger partial charge in [-0.15, -0.1) is 10.2 Å². The Morgan fingerprint density at radius 3 is 2.72 bits per heavy atom. The van der Waals surface area contributed by atoms with Gasteiger partial charge < -0.3 is 9.47 Å². The Kier molecular flexibility index (Phi) is 4.73. The van der Waals surface area contributed by atoms with Gasteiger partial charge in [-0.2, -0.15) is 9.61 Å². The van der Waals surface area contributed by atoms with E-state index < -0.39 is 0 Å². The number of rotatable bonds is 5. The van der Waals surface area contributed by atoms with Crippen molar-refractivity contribution in [2.24, 2.45) is 0 Å². The lowest BCUT2D eigenvalue weighted by molar-refractivity contribution is 0.0328. The van der Waals surface area contributed by atoms with Crippen molar-refractivity contribution in [1.29, 1.82) is 0 Å². The lowest BCUT2D eigenvalue weighted by Crippen LogP contribution is -2.36. The van der Waals surface area contributed by atoms with E-state index in [4.69, 9.17) is 9.47 Å². The highest BCUT2D eigenvalue weighted by Gasteiger charge is 2.16. The minimum absolute atomic E-state index is 0.746. The first-order valence-corrected chi connectivity index (χ1v) is 8.97. The summed E-state index contributed by atoms with van der Waals surface area (Å²) in [6.07, 6.45) is 4.03. The fraction of sp³-hybridized carbons (Fsp3) is 0.353. The van der Waals surface area contributed by atoms with E-state index in [0.717, 1.165) is 60.0 Å². The molecule has 1 aromatic carbocycles. The van der Waals surface area contributed by atoms with Gasteiger partial charge in [-0.3, -0.25) is 4.90 Å². The van der Waals surface area contributed by atoms with Gasteiger partial charge in [0.1, 0.15) is 10.8 Å². The van der Waals surface area contributed by atoms with Gasteiger partial charge in [-0.1, -0.05) is 29.5 Å². The van der Waals surface area contributed by atoms with E-state index in [9.17, 15) is 0 Å². The monoisotopic (exact) mass is 357 g/mol. The number of hydrogen-bond donors (Lipinski definition) is 0. The van der Waals surface area contributed by atoms with Gasteiger partial charge in [0.15, 0.2) is 5.82 Å². The highest BCUT2D eigenvalue weighted by Crippen LogP contribution is 2.19. The second-order valence-electron chi connectivity index (χ2n) is 5.75. The SMILES string of the molecule is COc1ccc(/C=C\c2nn3c(CN4CCOCC4)nnc3s2)cc1. The van der Waals surface area contributed by atoms with Gasteiger partial charge in [-0.25, -0.2) is 0 Å². The lowest BCUT2D eigenvalue weighted by Gasteiger charge is -2.25. The second kappa shape index (κ2) is 7.30. The standard InChI is InChI=1S/C17H19N5O2S/c1-23-14-5-2-13(3-6-14)4-7-16-20-22-15(18-19-17(22)25-16)12-21-8-10-24-11-9-21/h2-7H,8-12H2,1H3/b7-4-. The smallest absolute Gasteiger partial charge is 0.235 e. The number of morpholine rings is 1. The molecule has 25 heavy (non-hydrogen) atoms. The molecule has 1 fully saturated rings. The van der Waals surface area contributed by atoms with Gasteiger partial charge in [0, 0.05) is 13.1 Å². The van der Waals surface area contributed by atoms with E-state index in [1.165, 1.54) is 11.3 Å². The van der Waals surface area contributed by atoms with Crippen LogP contribution in [0.2, 0.25) is 0 Å². The molecule has 130 valence electrons. The van der Waals surface area contributed by atoms with Crippen molar-refractivity contribution >= 4 is 28.4 Å². The average molecular weight is 357 g/mol. The zero-order valence-corrected chi connectivity index (χ0v) is 14.8. The van der Waals surface area contributed by atoms with Crippen molar-refractivity contribution < 1.29 is 9.47 Å². The van der Waals surface area contributed by atoms with Gasteiger partial charge in [0.25, 0.3) is 0 Å². The molecule has 3 aromatic rings. The molecule has 3 heterocycles. The number of nitrogens with zero attached hydrogens (tertiary/aromatic N) is 5. The van der Waals surface area contributed by atoms with Crippen molar-refractivity contribution in [3.8, 4) is 5.75 Å². The Labute approximate surface area is 149 Å². The van der Waals surface area contributed by atoms with Crippen LogP contribution in [-0.4, -0.2) is 58.1 Å². The summed E-state index contributed by atoms with van der Waals surface area (Å²) in [5.74, 6) is 1.72. The molecule has 0 spiro atoms. The van der Waals surface area contributed by atoms with Crippen LogP contribution < -0.4 is 4.74 Å². The molecule has 0 bridgehead atoms. The van der Waals surface area contributed by atoms with Crippen molar-refractivity contribution in [2.75, 3.05) is 33.4 Å². The van der Waals surface area contributed by atoms with Crippen molar-refractivity contribution in [3.05, 3.63) is 40.7 Å². The maximum absolute atomic E-state index is 5.38. The minimum Gasteiger partial charge on any atom is -0.497 e. The topological polar surface area (TPSA) is 64.8 Å². The highest BCUT2D eigenvalue weighted by molar-refractivity contribution is 7.17. The molecule has 0 saturated carbocycles. The number of aromatic nitrogens is 4. The summed E-state index contributed by atoms with van der Waals surface area (Å²) in [5, 5.41) is 14.0. The fourth-order valence-corrected chi connectivity index (χ4v) is 3.44. The number of ether oxygens (including phenoxy) is 2. The van der Waals surface area contributed by atoms with Gasteiger partial charge in [-0.05, 0) is 23.8 Å². The summed E-state index contributed by atoms with van der Waals surface area (Å²) in [4.78, 5) is 3.13. The predicted octanol–water partition coefficient (Wildman–Crippen LogP) is 2.20. The summed E-state index contributed by atoms with van der Waals surface area (Å²) in [5.41, 5.74) is 1.10. The molecule has 1 saturated heterocycles. The average Bonchev–Trinajstić information content (AvgIpc) is 3.23. The molecular weight excluding hydrogens is 338 g/mol. The first kappa shape index (κ1) is 16.2. The van der Waals surface area contributed by atoms with Crippen LogP contribution in [0.25, 0.3) is 17.1 Å². The lowest BCUT2D eigenvalue weighted by atomic mass is 10.2. The van der Waals surface area contributed by atoms with Crippen LogP contribution in [0, 0.1) is 0 Å². The molecule has 2 aromatic heterocycles. The Morgan fingerprint density at radius 1 is 1.16 bits per heavy atom. The van der Waals surface area contributed by atoms with E-state index in [1.807, 2.05) is 40.9 Å². The summed E-state index contributed by atoms with van der Waals surface area (Å²) in [6, 6.07) is 7.91. The quantitative estimate of drug-likeness (QED) is 0.697. The van der Waals surface area contributed by atoms with Crippen LogP contribution >= 0.6 is 11.3 Å². The Balaban J connectivity index is 1.49. The molecule has 4 rings (SSSR count). The van der Waals surface area contributed by atoms with Gasteiger partial charge in [0.2, 0.25) is 4.96 Å². The van der Waals surface area contributed by atoms with Crippen molar-refractivity contribution in [2.45, 2.75) is 6.54 Å². The van der Waals surface area contributed by atoms with Gasteiger partial charge in [0.05, 0.1) is 26.9 Å². The van der Waals surface area contributed by atoms with Crippen LogP contribution in [-0.2, 0) is 11.3 Å². The minimum atomic E-state index is 0.746. The third-order valence-electron chi connectivity index (χ3n) is 4.07. The van der Waals surface area contributed by atoms with E-state index in [1.54, 1.807) is 7.11 Å². The highest BCUT2D eigenvalue weighted by atomic mass is 32.1. The Hall–Kier alpha value is -2.29. The molecule has 0 N–H and O–H groups in total. The largest absolute Gasteiger partial charge is 0.497 e. The molecule has 1 aliphatic heterocycles. The van der Waals surface area contributed by atoms with E-state index in [0.29, 0.717) is 0 Å². The summed E-state index contributed by atoms with van der Waals surface area (Å²) in [6.45, 7) is 4.13. The van der Waals surface area contributed by atoms with Crippen LogP contribution in [0.15, 0.2) is 24.3 Å². The van der Waals surface area contributed by atoms with Crippen LogP contribution in [0.1, 0.15) is 16.4 Å². The fourth-order valence-electron chi connectivity index (χ4n) is 2.68. The van der Waals surface area contributed by atoms with E-state index in [2.05, 4.69) is 20.2 Å². The zero-order chi connectivity index (χ0) is 17.1. The molecule has 0 radical (unpaired) electrons. The maximum Gasteiger partial charge on any atom is 0.235 e. The third-order valence-corrected chi connectivity index (χ3v) is 4.94. The number of fused-ring (bicyclic) bond motifs is 1. The van der Waals surface area contributed by atoms with E-state index >= 15 is 0 Å². The molecule has 8 heteroatoms. The number of methoxy groups -OCH3 is 1. The van der Waals surface area contributed by atoms with Crippen LogP contribution in [0.4, 0.5) is 0 Å². The Morgan fingerprint density at radius 2 is 1.96 bits per heavy atom. The number of hydrogen-bond acceptors (Lipinski definition) is 7. The van der Waals surface area contributed by atoms with Crippen LogP contribution in [0.5, 0.6) is 5.75 Å². The van der Waals surface area contributed by atoms with E-state index in [-0.39, 0.29) is 0 Å². The molecular formula is C17H19N5O2S. The molecule has 7 nitrogen and oxygen atoms in total. The molecule has 1 aliphatic rings. The summed E-state index contributed by atoms with van der Waals surface area (Å²) < 4.78 is 12.4. The van der Waals surface area contributed by atoms with Crippen molar-refractivity contribution in [3.63, 3.8) is 0 Å².